The van der Waals surface area contributed by atoms with Gasteiger partial charge in [-0.15, -0.1) is 5.92 Å². The van der Waals surface area contributed by atoms with Crippen LogP contribution >= 0.6 is 0 Å². The summed E-state index contributed by atoms with van der Waals surface area (Å²) in [4.78, 5) is 11.7. The molecule has 1 aliphatic carbocycles. The number of hydrogen-bond donors (Lipinski definition) is 1. The number of Topliss-reactive ketones (excluding diaryl/α,β-unsaturated/α-hetero) is 1. The normalized spacial score (nSPS) is 19.1. The van der Waals surface area contributed by atoms with Gasteiger partial charge in [-0.2, -0.15) is 0 Å². The Morgan fingerprint density at radius 3 is 2.53 bits per heavy atom. The van der Waals surface area contributed by atoms with Gasteiger partial charge in [0, 0.05) is 6.42 Å². The number of ketones is 1. The van der Waals surface area contributed by atoms with Crippen molar-refractivity contribution in [3.05, 3.63) is 0 Å². The maximum absolute atomic E-state index is 11.7. The Hall–Kier alpha value is -0.810. The molecule has 1 rings (SSSR count). The molecule has 0 saturated heterocycles. The van der Waals surface area contributed by atoms with Crippen molar-refractivity contribution in [3.63, 3.8) is 0 Å². The Bertz CT molecular complexity index is 266. The van der Waals surface area contributed by atoms with Crippen molar-refractivity contribution in [2.45, 2.75) is 51.9 Å². The smallest absolute Gasteiger partial charge is 0.145 e. The molecule has 0 radical (unpaired) electrons. The molecule has 2 N–H and O–H groups in total. The number of carbonyl (C=O) groups is 1. The molecule has 15 heavy (non-hydrogen) atoms. The Labute approximate surface area is 92.6 Å². The molecule has 84 valence electrons. The van der Waals surface area contributed by atoms with E-state index in [-0.39, 0.29) is 11.2 Å². The molecule has 0 aliphatic heterocycles. The summed E-state index contributed by atoms with van der Waals surface area (Å²) in [6, 6.07) is 0. The van der Waals surface area contributed by atoms with Gasteiger partial charge < -0.3 is 5.73 Å². The Morgan fingerprint density at radius 1 is 1.33 bits per heavy atom. The van der Waals surface area contributed by atoms with Gasteiger partial charge in [0.25, 0.3) is 0 Å². The van der Waals surface area contributed by atoms with Crippen LogP contribution in [0.15, 0.2) is 0 Å². The van der Waals surface area contributed by atoms with Crippen molar-refractivity contribution >= 4 is 5.78 Å². The van der Waals surface area contributed by atoms with E-state index in [1.54, 1.807) is 6.92 Å². The van der Waals surface area contributed by atoms with Gasteiger partial charge in [0.2, 0.25) is 0 Å². The summed E-state index contributed by atoms with van der Waals surface area (Å²) in [5.74, 6) is 5.86. The third-order valence-electron chi connectivity index (χ3n) is 3.38. The lowest BCUT2D eigenvalue weighted by atomic mass is 9.71. The van der Waals surface area contributed by atoms with Gasteiger partial charge in [0.1, 0.15) is 5.78 Å². The fourth-order valence-electron chi connectivity index (χ4n) is 2.42. The lowest BCUT2D eigenvalue weighted by Gasteiger charge is -2.35. The minimum Gasteiger partial charge on any atom is -0.330 e. The predicted molar refractivity (Wildman–Crippen MR) is 62.3 cm³/mol. The molecule has 0 unspecified atom stereocenters. The highest BCUT2D eigenvalue weighted by molar-refractivity contribution is 5.81. The van der Waals surface area contributed by atoms with Crippen molar-refractivity contribution < 1.29 is 4.79 Å². The van der Waals surface area contributed by atoms with Crippen molar-refractivity contribution in [2.75, 3.05) is 6.54 Å². The van der Waals surface area contributed by atoms with Gasteiger partial charge in [0.15, 0.2) is 0 Å². The van der Waals surface area contributed by atoms with Gasteiger partial charge in [-0.05, 0) is 31.7 Å². The Balaban J connectivity index is 2.50. The standard InChI is InChI=1S/C13H21NO/c1-2-3-7-12(15)10-13(11-14)8-5-4-6-9-13/h4-11,14H2,1H3. The Morgan fingerprint density at radius 2 is 2.00 bits per heavy atom. The van der Waals surface area contributed by atoms with Crippen LogP contribution in [0.4, 0.5) is 0 Å². The average molecular weight is 207 g/mol. The van der Waals surface area contributed by atoms with Crippen LogP contribution < -0.4 is 5.73 Å². The van der Waals surface area contributed by atoms with E-state index in [1.165, 1.54) is 19.3 Å². The molecule has 0 heterocycles. The summed E-state index contributed by atoms with van der Waals surface area (Å²) in [7, 11) is 0. The second-order valence-corrected chi connectivity index (χ2v) is 4.58. The van der Waals surface area contributed by atoms with E-state index in [2.05, 4.69) is 11.8 Å². The summed E-state index contributed by atoms with van der Waals surface area (Å²) in [6.45, 7) is 2.42. The number of carbonyl (C=O) groups excluding carboxylic acids is 1. The lowest BCUT2D eigenvalue weighted by Crippen LogP contribution is -2.34. The summed E-state index contributed by atoms with van der Waals surface area (Å²) < 4.78 is 0. The monoisotopic (exact) mass is 207 g/mol. The van der Waals surface area contributed by atoms with Crippen molar-refractivity contribution in [1.82, 2.24) is 0 Å². The summed E-state index contributed by atoms with van der Waals surface area (Å²) in [5.41, 5.74) is 5.93. The highest BCUT2D eigenvalue weighted by atomic mass is 16.1. The van der Waals surface area contributed by atoms with Gasteiger partial charge in [-0.1, -0.05) is 25.2 Å². The minimum absolute atomic E-state index is 0.102. The maximum Gasteiger partial charge on any atom is 0.145 e. The van der Waals surface area contributed by atoms with Crippen LogP contribution in [0.1, 0.15) is 51.9 Å². The fourth-order valence-corrected chi connectivity index (χ4v) is 2.42. The van der Waals surface area contributed by atoms with E-state index in [4.69, 9.17) is 5.73 Å². The predicted octanol–water partition coefficient (Wildman–Crippen LogP) is 2.27. The molecular formula is C13H21NO. The second kappa shape index (κ2) is 5.92. The molecule has 0 spiro atoms. The zero-order valence-electron chi connectivity index (χ0n) is 9.64. The third-order valence-corrected chi connectivity index (χ3v) is 3.38. The molecule has 0 aromatic carbocycles. The largest absolute Gasteiger partial charge is 0.330 e. The fraction of sp³-hybridized carbons (Fsp3) is 0.769. The summed E-state index contributed by atoms with van der Waals surface area (Å²) in [6.07, 6.45) is 7.03. The molecular weight excluding hydrogens is 186 g/mol. The van der Waals surface area contributed by atoms with Crippen LogP contribution in [0.5, 0.6) is 0 Å². The number of hydrogen-bond acceptors (Lipinski definition) is 2. The van der Waals surface area contributed by atoms with Gasteiger partial charge >= 0.3 is 0 Å². The van der Waals surface area contributed by atoms with E-state index in [0.29, 0.717) is 19.4 Å². The molecule has 0 atom stereocenters. The molecule has 0 aromatic rings. The van der Waals surface area contributed by atoms with E-state index in [1.807, 2.05) is 0 Å². The van der Waals surface area contributed by atoms with Gasteiger partial charge in [0.05, 0.1) is 6.42 Å². The van der Waals surface area contributed by atoms with Crippen molar-refractivity contribution in [3.8, 4) is 11.8 Å². The van der Waals surface area contributed by atoms with Crippen LogP contribution in [0.25, 0.3) is 0 Å². The first-order chi connectivity index (χ1) is 7.22. The van der Waals surface area contributed by atoms with Crippen LogP contribution in [-0.4, -0.2) is 12.3 Å². The first-order valence-corrected chi connectivity index (χ1v) is 5.84. The van der Waals surface area contributed by atoms with Crippen LogP contribution in [0.3, 0.4) is 0 Å². The van der Waals surface area contributed by atoms with Crippen LogP contribution in [-0.2, 0) is 4.79 Å². The lowest BCUT2D eigenvalue weighted by molar-refractivity contribution is -0.120. The molecule has 1 aliphatic rings. The highest BCUT2D eigenvalue weighted by Crippen LogP contribution is 2.38. The SMILES string of the molecule is CC#CCC(=O)CC1(CN)CCCCC1. The zero-order chi connectivity index (χ0) is 11.1. The van der Waals surface area contributed by atoms with Crippen LogP contribution in [0.2, 0.25) is 0 Å². The summed E-state index contributed by atoms with van der Waals surface area (Å²) in [5, 5.41) is 0. The second-order valence-electron chi connectivity index (χ2n) is 4.58. The number of rotatable bonds is 4. The summed E-state index contributed by atoms with van der Waals surface area (Å²) >= 11 is 0. The molecule has 0 aromatic heterocycles. The first kappa shape index (κ1) is 12.3. The van der Waals surface area contributed by atoms with E-state index < -0.39 is 0 Å². The molecule has 2 nitrogen and oxygen atoms in total. The van der Waals surface area contributed by atoms with Gasteiger partial charge in [-0.25, -0.2) is 0 Å². The van der Waals surface area contributed by atoms with E-state index >= 15 is 0 Å². The molecule has 1 saturated carbocycles. The topological polar surface area (TPSA) is 43.1 Å². The van der Waals surface area contributed by atoms with Crippen molar-refractivity contribution in [2.24, 2.45) is 11.1 Å². The van der Waals surface area contributed by atoms with Gasteiger partial charge in [-0.3, -0.25) is 4.79 Å². The average Bonchev–Trinajstić information content (AvgIpc) is 2.27. The molecule has 1 fully saturated rings. The zero-order valence-corrected chi connectivity index (χ0v) is 9.64. The third kappa shape index (κ3) is 3.68. The minimum atomic E-state index is 0.102. The molecule has 2 heteroatoms. The van der Waals surface area contributed by atoms with E-state index in [0.717, 1.165) is 12.8 Å². The number of nitrogens with two attached hydrogens (primary N) is 1. The molecule has 0 bridgehead atoms. The van der Waals surface area contributed by atoms with Crippen LogP contribution in [0, 0.1) is 17.3 Å². The quantitative estimate of drug-likeness (QED) is 0.719. The van der Waals surface area contributed by atoms with E-state index in [9.17, 15) is 4.79 Å². The maximum atomic E-state index is 11.7. The highest BCUT2D eigenvalue weighted by Gasteiger charge is 2.32. The Kier molecular flexibility index (Phi) is 4.84. The van der Waals surface area contributed by atoms with Crippen molar-refractivity contribution in [1.29, 1.82) is 0 Å². The molecule has 0 amide bonds. The first-order valence-electron chi connectivity index (χ1n) is 5.84.